The molecule has 0 radical (unpaired) electrons. The van der Waals surface area contributed by atoms with Crippen molar-refractivity contribution >= 4 is 43.6 Å². The minimum absolute atomic E-state index is 0.629. The molecule has 10 heteroatoms. The number of hydrogen-bond acceptors (Lipinski definition) is 10. The van der Waals surface area contributed by atoms with E-state index in [9.17, 15) is 0 Å². The second-order valence-corrected chi connectivity index (χ2v) is 11.6. The Morgan fingerprint density at radius 1 is 0.348 bits per heavy atom. The number of hydrogen-bond donors (Lipinski definition) is 4. The van der Waals surface area contributed by atoms with Crippen LogP contribution in [0.1, 0.15) is 22.8 Å². The van der Waals surface area contributed by atoms with E-state index in [1.807, 2.05) is 0 Å². The average Bonchev–Trinajstić information content (AvgIpc) is 3.09. The van der Waals surface area contributed by atoms with Gasteiger partial charge in [-0.25, -0.2) is 19.9 Å². The standard InChI is InChI=1S/C36H40N8O2/c1-2-26-6-10-30-22-38-14-18-46-20-16-40-24-32-12-8-28-4-3-27-7-11-31(43-35(27)36(28)44-32)23-39-15-19-45-17-13-37-21-29-9-5-25(1)33(41-29)34(26)42-30/h1-12,37-40H,13-24H2. The van der Waals surface area contributed by atoms with Crippen LogP contribution in [0.3, 0.4) is 0 Å². The molecule has 0 amide bonds. The Hall–Kier alpha value is -4.16. The molecular weight excluding hydrogens is 576 g/mol. The van der Waals surface area contributed by atoms with Gasteiger partial charge in [0.15, 0.2) is 0 Å². The van der Waals surface area contributed by atoms with E-state index in [-0.39, 0.29) is 0 Å². The Labute approximate surface area is 268 Å². The molecule has 2 aromatic carbocycles. The van der Waals surface area contributed by atoms with Crippen LogP contribution in [0.5, 0.6) is 0 Å². The molecule has 4 aromatic heterocycles. The molecule has 46 heavy (non-hydrogen) atoms. The summed E-state index contributed by atoms with van der Waals surface area (Å²) >= 11 is 0. The smallest absolute Gasteiger partial charge is 0.0968 e. The van der Waals surface area contributed by atoms with Gasteiger partial charge >= 0.3 is 0 Å². The molecule has 0 saturated heterocycles. The summed E-state index contributed by atoms with van der Waals surface area (Å²) in [5.41, 5.74) is 7.68. The van der Waals surface area contributed by atoms with Crippen LogP contribution in [0.4, 0.5) is 0 Å². The van der Waals surface area contributed by atoms with Crippen molar-refractivity contribution in [1.82, 2.24) is 41.2 Å². The van der Waals surface area contributed by atoms with Crippen molar-refractivity contribution in [1.29, 1.82) is 0 Å². The van der Waals surface area contributed by atoms with Crippen LogP contribution in [0.15, 0.2) is 72.8 Å². The largest absolute Gasteiger partial charge is 0.379 e. The summed E-state index contributed by atoms with van der Waals surface area (Å²) in [6, 6.07) is 25.3. The van der Waals surface area contributed by atoms with E-state index < -0.39 is 0 Å². The molecule has 8 bridgehead atoms. The van der Waals surface area contributed by atoms with Crippen LogP contribution in [0.2, 0.25) is 0 Å². The summed E-state index contributed by atoms with van der Waals surface area (Å²) in [6.07, 6.45) is 0. The van der Waals surface area contributed by atoms with Gasteiger partial charge in [0.2, 0.25) is 0 Å². The summed E-state index contributed by atoms with van der Waals surface area (Å²) < 4.78 is 11.7. The lowest BCUT2D eigenvalue weighted by atomic mass is 10.1. The maximum atomic E-state index is 5.86. The number of ether oxygens (including phenoxy) is 2. The first kappa shape index (κ1) is 30.5. The van der Waals surface area contributed by atoms with Crippen LogP contribution in [0.25, 0.3) is 43.6 Å². The molecule has 1 aliphatic heterocycles. The lowest BCUT2D eigenvalue weighted by molar-refractivity contribution is 0.137. The monoisotopic (exact) mass is 616 g/mol. The lowest BCUT2D eigenvalue weighted by Crippen LogP contribution is -2.24. The molecule has 7 rings (SSSR count). The van der Waals surface area contributed by atoms with Crippen LogP contribution in [-0.4, -0.2) is 72.5 Å². The highest BCUT2D eigenvalue weighted by Gasteiger charge is 2.09. The van der Waals surface area contributed by atoms with E-state index in [0.717, 1.165) is 92.6 Å². The number of nitrogens with one attached hydrogen (secondary N) is 4. The van der Waals surface area contributed by atoms with E-state index in [1.54, 1.807) is 0 Å². The van der Waals surface area contributed by atoms with Gasteiger partial charge < -0.3 is 30.7 Å². The highest BCUT2D eigenvalue weighted by Crippen LogP contribution is 2.24. The van der Waals surface area contributed by atoms with Gasteiger partial charge in [0, 0.05) is 73.9 Å². The maximum absolute atomic E-state index is 5.86. The van der Waals surface area contributed by atoms with Crippen LogP contribution in [0, 0.1) is 0 Å². The van der Waals surface area contributed by atoms with Crippen LogP contribution < -0.4 is 21.3 Å². The van der Waals surface area contributed by atoms with E-state index in [0.29, 0.717) is 52.6 Å². The maximum Gasteiger partial charge on any atom is 0.0968 e. The first-order valence-corrected chi connectivity index (χ1v) is 16.2. The third-order valence-corrected chi connectivity index (χ3v) is 8.19. The highest BCUT2D eigenvalue weighted by molar-refractivity contribution is 6.03. The molecule has 0 atom stereocenters. The van der Waals surface area contributed by atoms with E-state index in [4.69, 9.17) is 29.4 Å². The van der Waals surface area contributed by atoms with Gasteiger partial charge in [0.05, 0.1) is 71.3 Å². The fourth-order valence-corrected chi connectivity index (χ4v) is 5.74. The molecule has 6 aromatic rings. The molecule has 4 N–H and O–H groups in total. The van der Waals surface area contributed by atoms with Crippen molar-refractivity contribution < 1.29 is 9.47 Å². The normalized spacial score (nSPS) is 16.9. The van der Waals surface area contributed by atoms with Crippen molar-refractivity contribution in [3.63, 3.8) is 0 Å². The van der Waals surface area contributed by atoms with Gasteiger partial charge in [-0.3, -0.25) is 0 Å². The Bertz CT molecular complexity index is 1670. The number of aromatic nitrogens is 4. The zero-order chi connectivity index (χ0) is 31.0. The van der Waals surface area contributed by atoms with E-state index >= 15 is 0 Å². The number of fused-ring (bicyclic) bond motifs is 4. The zero-order valence-corrected chi connectivity index (χ0v) is 26.0. The molecule has 236 valence electrons. The van der Waals surface area contributed by atoms with E-state index in [1.165, 1.54) is 0 Å². The van der Waals surface area contributed by atoms with Gasteiger partial charge in [0.25, 0.3) is 0 Å². The summed E-state index contributed by atoms with van der Waals surface area (Å²) in [5.74, 6) is 0. The van der Waals surface area contributed by atoms with Gasteiger partial charge in [0.1, 0.15) is 0 Å². The minimum Gasteiger partial charge on any atom is -0.379 e. The van der Waals surface area contributed by atoms with Crippen molar-refractivity contribution in [2.45, 2.75) is 26.2 Å². The van der Waals surface area contributed by atoms with Gasteiger partial charge in [-0.15, -0.1) is 0 Å². The predicted molar refractivity (Wildman–Crippen MR) is 183 cm³/mol. The van der Waals surface area contributed by atoms with Gasteiger partial charge in [-0.05, 0) is 24.3 Å². The number of benzene rings is 2. The molecule has 0 aliphatic carbocycles. The predicted octanol–water partition coefficient (Wildman–Crippen LogP) is 3.98. The SMILES string of the molecule is c1cc2ccc3ccc4nc3c2nc1CNCCOCCNCc1ccc2ccc3ccc(nc3c2n1)CNCCOCCNC4. The summed E-state index contributed by atoms with van der Waals surface area (Å²) in [5, 5.41) is 18.2. The Morgan fingerprint density at radius 2 is 0.587 bits per heavy atom. The summed E-state index contributed by atoms with van der Waals surface area (Å²) in [6.45, 7) is 8.18. The third-order valence-electron chi connectivity index (χ3n) is 8.19. The molecule has 1 aliphatic rings. The zero-order valence-electron chi connectivity index (χ0n) is 26.0. The number of nitrogens with zero attached hydrogens (tertiary/aromatic N) is 4. The fourth-order valence-electron chi connectivity index (χ4n) is 5.74. The Morgan fingerprint density at radius 3 is 0.848 bits per heavy atom. The molecule has 5 heterocycles. The summed E-state index contributed by atoms with van der Waals surface area (Å²) in [4.78, 5) is 19.9. The highest BCUT2D eigenvalue weighted by atomic mass is 16.5. The number of pyridine rings is 4. The fraction of sp³-hybridized carbons (Fsp3) is 0.333. The van der Waals surface area contributed by atoms with E-state index in [2.05, 4.69) is 94.1 Å². The summed E-state index contributed by atoms with van der Waals surface area (Å²) in [7, 11) is 0. The lowest BCUT2D eigenvalue weighted by Gasteiger charge is -2.11. The first-order valence-electron chi connectivity index (χ1n) is 16.2. The van der Waals surface area contributed by atoms with Crippen molar-refractivity contribution in [3.8, 4) is 0 Å². The topological polar surface area (TPSA) is 118 Å². The van der Waals surface area contributed by atoms with Gasteiger partial charge in [-0.2, -0.15) is 0 Å². The Balaban J connectivity index is 1.03. The van der Waals surface area contributed by atoms with Crippen molar-refractivity contribution in [3.05, 3.63) is 95.6 Å². The molecule has 10 nitrogen and oxygen atoms in total. The quantitative estimate of drug-likeness (QED) is 0.187. The third kappa shape index (κ3) is 7.45. The molecule has 0 spiro atoms. The average molecular weight is 617 g/mol. The second kappa shape index (κ2) is 15.0. The van der Waals surface area contributed by atoms with Crippen molar-refractivity contribution in [2.24, 2.45) is 0 Å². The molecule has 0 unspecified atom stereocenters. The molecule has 0 fully saturated rings. The van der Waals surface area contributed by atoms with Gasteiger partial charge in [-0.1, -0.05) is 48.5 Å². The molecular formula is C36H40N8O2. The minimum atomic E-state index is 0.629. The van der Waals surface area contributed by atoms with Crippen molar-refractivity contribution in [2.75, 3.05) is 52.6 Å². The second-order valence-electron chi connectivity index (χ2n) is 11.6. The molecule has 0 saturated carbocycles. The first-order chi connectivity index (χ1) is 22.8. The van der Waals surface area contributed by atoms with Crippen LogP contribution >= 0.6 is 0 Å². The number of rotatable bonds is 0. The Kier molecular flexibility index (Phi) is 9.91. The van der Waals surface area contributed by atoms with Crippen LogP contribution in [-0.2, 0) is 35.7 Å².